The van der Waals surface area contributed by atoms with E-state index in [2.05, 4.69) is 36.4 Å². The molecule has 1 fully saturated rings. The lowest BCUT2D eigenvalue weighted by Crippen LogP contribution is -2.47. The third-order valence-corrected chi connectivity index (χ3v) is 7.07. The summed E-state index contributed by atoms with van der Waals surface area (Å²) in [5, 5.41) is 5.82. The standard InChI is InChI=1S/C26H26BrN5O3/c1-2-29-25(34)17-6-7-23(21(10-17)30-26(35)18-9-20(27)12-28-11-18)31-13-16-8-19(15-31)22-4-3-5-24(33)32(22)14-16/h3-7,9-12,16,19H,2,8,13-15H2,1H3,(H,29,34)(H,30,35)/t16-,19+/m0/s1. The molecule has 0 saturated carbocycles. The van der Waals surface area contributed by atoms with Crippen molar-refractivity contribution in [3.05, 3.63) is 86.5 Å². The highest BCUT2D eigenvalue weighted by atomic mass is 79.9. The molecule has 1 aromatic carbocycles. The van der Waals surface area contributed by atoms with E-state index in [-0.39, 0.29) is 23.3 Å². The Kier molecular flexibility index (Phi) is 6.42. The van der Waals surface area contributed by atoms with Crippen molar-refractivity contribution in [3.63, 3.8) is 0 Å². The second-order valence-electron chi connectivity index (χ2n) is 9.04. The monoisotopic (exact) mass is 535 g/mol. The number of rotatable bonds is 5. The van der Waals surface area contributed by atoms with Gasteiger partial charge >= 0.3 is 0 Å². The highest BCUT2D eigenvalue weighted by Crippen LogP contribution is 2.39. The molecule has 2 N–H and O–H groups in total. The van der Waals surface area contributed by atoms with Crippen LogP contribution in [0, 0.1) is 5.92 Å². The van der Waals surface area contributed by atoms with Crippen LogP contribution in [0.5, 0.6) is 0 Å². The molecule has 3 aromatic rings. The van der Waals surface area contributed by atoms with Crippen LogP contribution in [0.15, 0.2) is 64.1 Å². The van der Waals surface area contributed by atoms with Crippen LogP contribution in [0.4, 0.5) is 11.4 Å². The third kappa shape index (κ3) is 4.73. The van der Waals surface area contributed by atoms with Gasteiger partial charge in [-0.25, -0.2) is 0 Å². The fraction of sp³-hybridized carbons (Fsp3) is 0.308. The molecular weight excluding hydrogens is 510 g/mol. The number of halogens is 1. The number of pyridine rings is 2. The molecule has 0 radical (unpaired) electrons. The molecule has 35 heavy (non-hydrogen) atoms. The van der Waals surface area contributed by atoms with Gasteiger partial charge in [0.15, 0.2) is 0 Å². The lowest BCUT2D eigenvalue weighted by atomic mass is 9.83. The minimum absolute atomic E-state index is 0.0486. The molecule has 0 spiro atoms. The number of aromatic nitrogens is 2. The Morgan fingerprint density at radius 3 is 2.71 bits per heavy atom. The van der Waals surface area contributed by atoms with Gasteiger partial charge in [-0.3, -0.25) is 19.4 Å². The number of fused-ring (bicyclic) bond motifs is 4. The Morgan fingerprint density at radius 2 is 1.91 bits per heavy atom. The van der Waals surface area contributed by atoms with Crippen molar-refractivity contribution < 1.29 is 9.59 Å². The van der Waals surface area contributed by atoms with E-state index in [1.807, 2.05) is 29.7 Å². The Hall–Kier alpha value is -3.46. The summed E-state index contributed by atoms with van der Waals surface area (Å²) in [4.78, 5) is 44.3. The first kappa shape index (κ1) is 23.3. The average Bonchev–Trinajstić information content (AvgIpc) is 2.85. The van der Waals surface area contributed by atoms with Crippen LogP contribution in [0.2, 0.25) is 0 Å². The van der Waals surface area contributed by atoms with E-state index in [0.29, 0.717) is 40.3 Å². The maximum atomic E-state index is 13.1. The molecule has 5 rings (SSSR count). The summed E-state index contributed by atoms with van der Waals surface area (Å²) in [6, 6.07) is 12.6. The van der Waals surface area contributed by atoms with E-state index >= 15 is 0 Å². The number of nitrogens with one attached hydrogen (secondary N) is 2. The maximum Gasteiger partial charge on any atom is 0.257 e. The highest BCUT2D eigenvalue weighted by Gasteiger charge is 2.35. The van der Waals surface area contributed by atoms with Gasteiger partial charge < -0.3 is 20.1 Å². The van der Waals surface area contributed by atoms with Gasteiger partial charge in [-0.15, -0.1) is 0 Å². The van der Waals surface area contributed by atoms with Crippen LogP contribution in [0.25, 0.3) is 0 Å². The van der Waals surface area contributed by atoms with E-state index in [0.717, 1.165) is 30.9 Å². The number of amides is 2. The molecule has 0 unspecified atom stereocenters. The van der Waals surface area contributed by atoms with Crippen molar-refractivity contribution in [2.75, 3.05) is 29.9 Å². The SMILES string of the molecule is CCNC(=O)c1ccc(N2C[C@@H]3C[C@H](C2)c2cccc(=O)n2C3)c(NC(=O)c2cncc(Br)c2)c1. The number of benzene rings is 1. The van der Waals surface area contributed by atoms with Gasteiger partial charge in [0, 0.05) is 66.3 Å². The molecule has 8 nitrogen and oxygen atoms in total. The Labute approximate surface area is 211 Å². The van der Waals surface area contributed by atoms with Gasteiger partial charge in [0.25, 0.3) is 17.4 Å². The zero-order valence-electron chi connectivity index (χ0n) is 19.3. The fourth-order valence-electron chi connectivity index (χ4n) is 5.14. The molecule has 4 heterocycles. The van der Waals surface area contributed by atoms with Gasteiger partial charge in [-0.1, -0.05) is 6.07 Å². The van der Waals surface area contributed by atoms with Gasteiger partial charge in [-0.05, 0) is 65.5 Å². The molecule has 9 heteroatoms. The molecule has 0 aliphatic carbocycles. The topological polar surface area (TPSA) is 96.3 Å². The van der Waals surface area contributed by atoms with E-state index in [1.165, 1.54) is 6.20 Å². The first-order chi connectivity index (χ1) is 16.9. The van der Waals surface area contributed by atoms with Crippen molar-refractivity contribution in [2.24, 2.45) is 5.92 Å². The molecule has 2 atom stereocenters. The summed E-state index contributed by atoms with van der Waals surface area (Å²) in [6.07, 6.45) is 4.16. The van der Waals surface area contributed by atoms with E-state index < -0.39 is 0 Å². The lowest BCUT2D eigenvalue weighted by molar-refractivity contribution is 0.0954. The summed E-state index contributed by atoms with van der Waals surface area (Å²) in [7, 11) is 0. The van der Waals surface area contributed by atoms with Crippen LogP contribution in [0.1, 0.15) is 45.7 Å². The number of anilines is 2. The summed E-state index contributed by atoms with van der Waals surface area (Å²) in [5.41, 5.74) is 3.43. The molecule has 2 aliphatic rings. The second kappa shape index (κ2) is 9.65. The minimum Gasteiger partial charge on any atom is -0.369 e. The normalized spacial score (nSPS) is 18.5. The number of nitrogens with zero attached hydrogens (tertiary/aromatic N) is 3. The molecular formula is C26H26BrN5O3. The molecule has 180 valence electrons. The highest BCUT2D eigenvalue weighted by molar-refractivity contribution is 9.10. The summed E-state index contributed by atoms with van der Waals surface area (Å²) in [5.74, 6) is 0.0456. The Bertz CT molecular complexity index is 1350. The fourth-order valence-corrected chi connectivity index (χ4v) is 5.50. The Balaban J connectivity index is 1.49. The van der Waals surface area contributed by atoms with Crippen LogP contribution in [0.3, 0.4) is 0 Å². The number of piperidine rings is 1. The zero-order chi connectivity index (χ0) is 24.5. The van der Waals surface area contributed by atoms with Crippen LogP contribution in [-0.4, -0.2) is 41.0 Å². The molecule has 1 saturated heterocycles. The van der Waals surface area contributed by atoms with E-state index in [4.69, 9.17) is 0 Å². The van der Waals surface area contributed by atoms with E-state index in [1.54, 1.807) is 30.5 Å². The number of hydrogen-bond donors (Lipinski definition) is 2. The average molecular weight is 536 g/mol. The molecule has 2 aliphatic heterocycles. The lowest BCUT2D eigenvalue weighted by Gasteiger charge is -2.44. The molecule has 2 bridgehead atoms. The van der Waals surface area contributed by atoms with Gasteiger partial charge in [0.05, 0.1) is 16.9 Å². The second-order valence-corrected chi connectivity index (χ2v) is 9.96. The third-order valence-electron chi connectivity index (χ3n) is 6.63. The molecule has 2 aromatic heterocycles. The molecule has 2 amide bonds. The summed E-state index contributed by atoms with van der Waals surface area (Å²) >= 11 is 3.36. The van der Waals surface area contributed by atoms with Crippen molar-refractivity contribution >= 4 is 39.1 Å². The zero-order valence-corrected chi connectivity index (χ0v) is 20.9. The van der Waals surface area contributed by atoms with Gasteiger partial charge in [-0.2, -0.15) is 0 Å². The summed E-state index contributed by atoms with van der Waals surface area (Å²) in [6.45, 7) is 4.55. The first-order valence-electron chi connectivity index (χ1n) is 11.7. The first-order valence-corrected chi connectivity index (χ1v) is 12.5. The van der Waals surface area contributed by atoms with Crippen LogP contribution in [-0.2, 0) is 6.54 Å². The number of hydrogen-bond acceptors (Lipinski definition) is 5. The maximum absolute atomic E-state index is 13.1. The number of carbonyl (C=O) groups is 2. The van der Waals surface area contributed by atoms with Crippen molar-refractivity contribution in [2.45, 2.75) is 25.8 Å². The van der Waals surface area contributed by atoms with E-state index in [9.17, 15) is 14.4 Å². The quantitative estimate of drug-likeness (QED) is 0.520. The minimum atomic E-state index is -0.304. The largest absolute Gasteiger partial charge is 0.369 e. The predicted octanol–water partition coefficient (Wildman–Crippen LogP) is 3.63. The van der Waals surface area contributed by atoms with Gasteiger partial charge in [0.2, 0.25) is 0 Å². The van der Waals surface area contributed by atoms with Crippen molar-refractivity contribution in [1.82, 2.24) is 14.9 Å². The number of carbonyl (C=O) groups excluding carboxylic acids is 2. The Morgan fingerprint density at radius 1 is 1.06 bits per heavy atom. The van der Waals surface area contributed by atoms with Crippen molar-refractivity contribution in [1.29, 1.82) is 0 Å². The predicted molar refractivity (Wildman–Crippen MR) is 138 cm³/mol. The van der Waals surface area contributed by atoms with Crippen LogP contribution >= 0.6 is 15.9 Å². The van der Waals surface area contributed by atoms with Crippen LogP contribution < -0.4 is 21.1 Å². The van der Waals surface area contributed by atoms with Crippen molar-refractivity contribution in [3.8, 4) is 0 Å². The smallest absolute Gasteiger partial charge is 0.257 e. The van der Waals surface area contributed by atoms with Gasteiger partial charge in [0.1, 0.15) is 0 Å². The summed E-state index contributed by atoms with van der Waals surface area (Å²) < 4.78 is 2.61.